The van der Waals surface area contributed by atoms with E-state index in [2.05, 4.69) is 33.5 Å². The Morgan fingerprint density at radius 2 is 1.95 bits per heavy atom. The van der Waals surface area contributed by atoms with Gasteiger partial charge in [0.15, 0.2) is 0 Å². The van der Waals surface area contributed by atoms with E-state index < -0.39 is 0 Å². The van der Waals surface area contributed by atoms with E-state index in [4.69, 9.17) is 4.98 Å². The molecule has 0 saturated heterocycles. The SMILES string of the molecule is CC.CNc1ccc(-c2c[nH]c3nc(C4CC4)ccc23)cn1. The predicted octanol–water partition coefficient (Wildman–Crippen LogP) is 4.57. The van der Waals surface area contributed by atoms with Crippen LogP contribution in [0.5, 0.6) is 0 Å². The summed E-state index contributed by atoms with van der Waals surface area (Å²) in [5.74, 6) is 1.56. The molecule has 3 aromatic rings. The normalized spacial score (nSPS) is 13.6. The first-order valence-corrected chi connectivity index (χ1v) is 7.97. The summed E-state index contributed by atoms with van der Waals surface area (Å²) in [5.41, 5.74) is 4.46. The van der Waals surface area contributed by atoms with Crippen molar-refractivity contribution in [2.45, 2.75) is 32.6 Å². The number of anilines is 1. The molecule has 0 aromatic carbocycles. The summed E-state index contributed by atoms with van der Waals surface area (Å²) in [7, 11) is 1.87. The van der Waals surface area contributed by atoms with Crippen molar-refractivity contribution < 1.29 is 0 Å². The molecule has 0 radical (unpaired) electrons. The molecule has 0 amide bonds. The first-order chi connectivity index (χ1) is 10.8. The van der Waals surface area contributed by atoms with E-state index in [9.17, 15) is 0 Å². The average molecular weight is 294 g/mol. The molecule has 0 spiro atoms. The first kappa shape index (κ1) is 14.6. The van der Waals surface area contributed by atoms with Gasteiger partial charge in [0.05, 0.1) is 0 Å². The van der Waals surface area contributed by atoms with Gasteiger partial charge in [-0.05, 0) is 37.1 Å². The summed E-state index contributed by atoms with van der Waals surface area (Å²) in [6.07, 6.45) is 6.47. The zero-order chi connectivity index (χ0) is 15.5. The van der Waals surface area contributed by atoms with Crippen LogP contribution in [-0.4, -0.2) is 22.0 Å². The largest absolute Gasteiger partial charge is 0.373 e. The highest BCUT2D eigenvalue weighted by molar-refractivity contribution is 5.93. The summed E-state index contributed by atoms with van der Waals surface area (Å²) in [6.45, 7) is 4.00. The van der Waals surface area contributed by atoms with Gasteiger partial charge >= 0.3 is 0 Å². The molecule has 4 heteroatoms. The van der Waals surface area contributed by atoms with Gasteiger partial charge in [-0.1, -0.05) is 13.8 Å². The van der Waals surface area contributed by atoms with Crippen molar-refractivity contribution in [3.05, 3.63) is 42.4 Å². The zero-order valence-electron chi connectivity index (χ0n) is 13.4. The van der Waals surface area contributed by atoms with Gasteiger partial charge in [0.2, 0.25) is 0 Å². The Balaban J connectivity index is 0.000000693. The van der Waals surface area contributed by atoms with Crippen molar-refractivity contribution in [3.63, 3.8) is 0 Å². The molecule has 4 nitrogen and oxygen atoms in total. The number of pyridine rings is 2. The summed E-state index contributed by atoms with van der Waals surface area (Å²) < 4.78 is 0. The third kappa shape index (κ3) is 2.69. The predicted molar refractivity (Wildman–Crippen MR) is 92.2 cm³/mol. The molecule has 22 heavy (non-hydrogen) atoms. The molecular weight excluding hydrogens is 272 g/mol. The van der Waals surface area contributed by atoms with Crippen molar-refractivity contribution in [2.75, 3.05) is 12.4 Å². The van der Waals surface area contributed by atoms with Gasteiger partial charge in [0.25, 0.3) is 0 Å². The third-order valence-corrected chi connectivity index (χ3v) is 3.89. The summed E-state index contributed by atoms with van der Waals surface area (Å²) in [5, 5.41) is 4.19. The molecule has 4 rings (SSSR count). The highest BCUT2D eigenvalue weighted by Gasteiger charge is 2.25. The molecule has 0 aliphatic heterocycles. The lowest BCUT2D eigenvalue weighted by Gasteiger charge is -2.02. The summed E-state index contributed by atoms with van der Waals surface area (Å²) in [4.78, 5) is 12.4. The van der Waals surface area contributed by atoms with Gasteiger partial charge in [-0.2, -0.15) is 0 Å². The van der Waals surface area contributed by atoms with Crippen LogP contribution in [0, 0.1) is 0 Å². The number of H-pyrrole nitrogens is 1. The third-order valence-electron chi connectivity index (χ3n) is 3.89. The fourth-order valence-electron chi connectivity index (χ4n) is 2.57. The number of aromatic amines is 1. The quantitative estimate of drug-likeness (QED) is 0.744. The Bertz CT molecular complexity index is 754. The first-order valence-electron chi connectivity index (χ1n) is 7.97. The minimum Gasteiger partial charge on any atom is -0.373 e. The summed E-state index contributed by atoms with van der Waals surface area (Å²) >= 11 is 0. The molecule has 1 fully saturated rings. The number of hydrogen-bond donors (Lipinski definition) is 2. The average Bonchev–Trinajstić information content (AvgIpc) is 3.36. The molecule has 0 bridgehead atoms. The Morgan fingerprint density at radius 1 is 1.14 bits per heavy atom. The van der Waals surface area contributed by atoms with E-state index >= 15 is 0 Å². The van der Waals surface area contributed by atoms with E-state index in [1.54, 1.807) is 0 Å². The topological polar surface area (TPSA) is 53.6 Å². The van der Waals surface area contributed by atoms with Crippen LogP contribution < -0.4 is 5.32 Å². The fraction of sp³-hybridized carbons (Fsp3) is 0.333. The molecule has 1 aliphatic carbocycles. The molecule has 0 unspecified atom stereocenters. The lowest BCUT2D eigenvalue weighted by molar-refractivity contribution is 1.04. The maximum atomic E-state index is 4.73. The van der Waals surface area contributed by atoms with Crippen LogP contribution in [-0.2, 0) is 0 Å². The Morgan fingerprint density at radius 3 is 2.59 bits per heavy atom. The zero-order valence-corrected chi connectivity index (χ0v) is 13.4. The molecule has 3 heterocycles. The smallest absolute Gasteiger partial charge is 0.138 e. The highest BCUT2D eigenvalue weighted by atomic mass is 14.9. The minimum atomic E-state index is 0.683. The van der Waals surface area contributed by atoms with Crippen molar-refractivity contribution in [1.29, 1.82) is 0 Å². The number of nitrogens with zero attached hydrogens (tertiary/aromatic N) is 2. The fourth-order valence-corrected chi connectivity index (χ4v) is 2.57. The monoisotopic (exact) mass is 294 g/mol. The lowest BCUT2D eigenvalue weighted by atomic mass is 10.1. The standard InChI is InChI=1S/C16H16N4.C2H6/c1-17-15-7-4-11(8-18-15)13-9-19-16-12(13)5-6-14(20-16)10-2-3-10;1-2/h4-10H,2-3H2,1H3,(H,17,18)(H,19,20);1-2H3. The van der Waals surface area contributed by atoms with E-state index in [0.717, 1.165) is 28.0 Å². The second-order valence-corrected chi connectivity index (χ2v) is 5.29. The van der Waals surface area contributed by atoms with Gasteiger partial charge in [-0.3, -0.25) is 0 Å². The number of rotatable bonds is 3. The van der Waals surface area contributed by atoms with Crippen molar-refractivity contribution in [1.82, 2.24) is 15.0 Å². The Labute approximate surface area is 131 Å². The van der Waals surface area contributed by atoms with Gasteiger partial charge < -0.3 is 10.3 Å². The second-order valence-electron chi connectivity index (χ2n) is 5.29. The molecule has 0 atom stereocenters. The second kappa shape index (κ2) is 6.18. The van der Waals surface area contributed by atoms with Crippen LogP contribution in [0.25, 0.3) is 22.2 Å². The van der Waals surface area contributed by atoms with Crippen LogP contribution in [0.4, 0.5) is 5.82 Å². The van der Waals surface area contributed by atoms with Crippen LogP contribution in [0.2, 0.25) is 0 Å². The number of hydrogen-bond acceptors (Lipinski definition) is 3. The van der Waals surface area contributed by atoms with Crippen LogP contribution in [0.3, 0.4) is 0 Å². The highest BCUT2D eigenvalue weighted by Crippen LogP contribution is 2.40. The molecule has 2 N–H and O–H groups in total. The van der Waals surface area contributed by atoms with Gasteiger partial charge in [0.1, 0.15) is 11.5 Å². The van der Waals surface area contributed by atoms with E-state index in [-0.39, 0.29) is 0 Å². The van der Waals surface area contributed by atoms with Crippen LogP contribution >= 0.6 is 0 Å². The van der Waals surface area contributed by atoms with Crippen molar-refractivity contribution >= 4 is 16.9 Å². The van der Waals surface area contributed by atoms with Gasteiger partial charge in [-0.25, -0.2) is 9.97 Å². The van der Waals surface area contributed by atoms with Gasteiger partial charge in [0, 0.05) is 47.6 Å². The maximum absolute atomic E-state index is 4.73. The Hall–Kier alpha value is -2.36. The summed E-state index contributed by atoms with van der Waals surface area (Å²) in [6, 6.07) is 8.40. The molecule has 114 valence electrons. The minimum absolute atomic E-state index is 0.683. The van der Waals surface area contributed by atoms with Crippen molar-refractivity contribution in [3.8, 4) is 11.1 Å². The lowest BCUT2D eigenvalue weighted by Crippen LogP contribution is -1.91. The van der Waals surface area contributed by atoms with Gasteiger partial charge in [-0.15, -0.1) is 0 Å². The molecule has 1 saturated carbocycles. The van der Waals surface area contributed by atoms with E-state index in [0.29, 0.717) is 5.92 Å². The van der Waals surface area contributed by atoms with Crippen LogP contribution in [0.15, 0.2) is 36.7 Å². The van der Waals surface area contributed by atoms with E-state index in [1.807, 2.05) is 39.4 Å². The number of nitrogens with one attached hydrogen (secondary N) is 2. The Kier molecular flexibility index (Phi) is 4.09. The number of aromatic nitrogens is 3. The maximum Gasteiger partial charge on any atom is 0.138 e. The number of fused-ring (bicyclic) bond motifs is 1. The van der Waals surface area contributed by atoms with Crippen molar-refractivity contribution in [2.24, 2.45) is 0 Å². The molecule has 1 aliphatic rings. The molecule has 3 aromatic heterocycles. The van der Waals surface area contributed by atoms with E-state index in [1.165, 1.54) is 18.5 Å². The molecular formula is C18H22N4. The van der Waals surface area contributed by atoms with Crippen LogP contribution in [0.1, 0.15) is 38.3 Å².